The number of benzene rings is 2. The van der Waals surface area contributed by atoms with Crippen molar-refractivity contribution in [3.63, 3.8) is 0 Å². The molecule has 0 fully saturated rings. The highest BCUT2D eigenvalue weighted by Crippen LogP contribution is 2.23. The maximum absolute atomic E-state index is 12.1. The number of ether oxygens (including phenoxy) is 1. The zero-order chi connectivity index (χ0) is 15.4. The molecule has 2 aromatic rings. The van der Waals surface area contributed by atoms with E-state index in [1.54, 1.807) is 31.4 Å². The maximum atomic E-state index is 12.1. The van der Waals surface area contributed by atoms with E-state index in [0.717, 1.165) is 10.0 Å². The Labute approximate surface area is 130 Å². The lowest BCUT2D eigenvalue weighted by Gasteiger charge is -2.09. The van der Waals surface area contributed by atoms with Gasteiger partial charge in [-0.2, -0.15) is 0 Å². The molecule has 4 N–H and O–H groups in total. The average Bonchev–Trinajstić information content (AvgIpc) is 2.47. The number of amides is 1. The number of hydrogen-bond donors (Lipinski definition) is 3. The van der Waals surface area contributed by atoms with Crippen LogP contribution >= 0.6 is 15.9 Å². The highest BCUT2D eigenvalue weighted by molar-refractivity contribution is 9.10. The van der Waals surface area contributed by atoms with E-state index in [0.29, 0.717) is 18.0 Å². The number of phenols is 1. The topological polar surface area (TPSA) is 84.6 Å². The van der Waals surface area contributed by atoms with Crippen molar-refractivity contribution in [2.45, 2.75) is 6.54 Å². The Balaban J connectivity index is 2.07. The van der Waals surface area contributed by atoms with Crippen molar-refractivity contribution in [3.05, 3.63) is 52.0 Å². The molecule has 0 aliphatic heterocycles. The van der Waals surface area contributed by atoms with Crippen molar-refractivity contribution in [1.29, 1.82) is 0 Å². The molecule has 2 rings (SSSR count). The van der Waals surface area contributed by atoms with E-state index in [1.807, 2.05) is 6.07 Å². The molecule has 0 aliphatic rings. The molecule has 21 heavy (non-hydrogen) atoms. The molecular formula is C15H15BrN2O3. The molecular weight excluding hydrogens is 336 g/mol. The van der Waals surface area contributed by atoms with Gasteiger partial charge in [-0.05, 0) is 35.9 Å². The molecule has 0 radical (unpaired) electrons. The number of carbonyl (C=O) groups excluding carboxylic acids is 1. The molecule has 0 saturated heterocycles. The van der Waals surface area contributed by atoms with Gasteiger partial charge in [0.25, 0.3) is 5.91 Å². The molecule has 1 amide bonds. The van der Waals surface area contributed by atoms with Gasteiger partial charge in [0.2, 0.25) is 0 Å². The van der Waals surface area contributed by atoms with E-state index in [2.05, 4.69) is 21.2 Å². The third kappa shape index (κ3) is 3.66. The van der Waals surface area contributed by atoms with E-state index in [-0.39, 0.29) is 17.2 Å². The second kappa shape index (κ2) is 6.49. The number of rotatable bonds is 4. The van der Waals surface area contributed by atoms with E-state index in [1.165, 1.54) is 6.07 Å². The lowest BCUT2D eigenvalue weighted by molar-refractivity contribution is 0.0948. The summed E-state index contributed by atoms with van der Waals surface area (Å²) in [7, 11) is 1.54. The van der Waals surface area contributed by atoms with Gasteiger partial charge in [0.05, 0.1) is 18.4 Å². The zero-order valence-electron chi connectivity index (χ0n) is 11.4. The van der Waals surface area contributed by atoms with Gasteiger partial charge >= 0.3 is 0 Å². The molecule has 0 spiro atoms. The molecule has 0 aromatic heterocycles. The van der Waals surface area contributed by atoms with E-state index >= 15 is 0 Å². The number of nitrogens with one attached hydrogen (secondary N) is 1. The number of anilines is 1. The molecule has 0 atom stereocenters. The van der Waals surface area contributed by atoms with Crippen LogP contribution in [0.2, 0.25) is 0 Å². The summed E-state index contributed by atoms with van der Waals surface area (Å²) in [6.45, 7) is 0.305. The van der Waals surface area contributed by atoms with Gasteiger partial charge in [-0.1, -0.05) is 22.0 Å². The highest BCUT2D eigenvalue weighted by Gasteiger charge is 2.11. The van der Waals surface area contributed by atoms with Crippen molar-refractivity contribution in [3.8, 4) is 11.5 Å². The van der Waals surface area contributed by atoms with Crippen LogP contribution in [0.1, 0.15) is 15.9 Å². The fourth-order valence-electron chi connectivity index (χ4n) is 1.86. The Kier molecular flexibility index (Phi) is 4.70. The summed E-state index contributed by atoms with van der Waals surface area (Å²) in [5, 5.41) is 12.4. The largest absolute Gasteiger partial charge is 0.507 e. The number of nitrogen functional groups attached to an aromatic ring is 1. The summed E-state index contributed by atoms with van der Waals surface area (Å²) in [6, 6.07) is 9.98. The summed E-state index contributed by atoms with van der Waals surface area (Å²) in [5.74, 6) is 0.169. The Hall–Kier alpha value is -2.21. The number of phenolic OH excluding ortho intramolecular Hbond substituents is 1. The standard InChI is InChI=1S/C15H15BrN2O3/c1-21-14-5-2-9(6-12(14)17)8-18-15(20)11-7-10(16)3-4-13(11)19/h2-7,19H,8,17H2,1H3,(H,18,20). The van der Waals surface area contributed by atoms with Gasteiger partial charge in [0, 0.05) is 11.0 Å². The zero-order valence-corrected chi connectivity index (χ0v) is 13.0. The molecule has 0 saturated carbocycles. The first-order valence-corrected chi connectivity index (χ1v) is 6.99. The lowest BCUT2D eigenvalue weighted by atomic mass is 10.1. The van der Waals surface area contributed by atoms with Gasteiger partial charge in [-0.15, -0.1) is 0 Å². The predicted octanol–water partition coefficient (Wildman–Crippen LogP) is 2.68. The van der Waals surface area contributed by atoms with E-state index in [9.17, 15) is 9.90 Å². The monoisotopic (exact) mass is 350 g/mol. The smallest absolute Gasteiger partial charge is 0.255 e. The SMILES string of the molecule is COc1ccc(CNC(=O)c2cc(Br)ccc2O)cc1N. The number of methoxy groups -OCH3 is 1. The van der Waals surface area contributed by atoms with Crippen LogP contribution in [0.4, 0.5) is 5.69 Å². The van der Waals surface area contributed by atoms with Crippen molar-refractivity contribution >= 4 is 27.5 Å². The van der Waals surface area contributed by atoms with Gasteiger partial charge in [-0.25, -0.2) is 0 Å². The van der Waals surface area contributed by atoms with Crippen LogP contribution in [-0.4, -0.2) is 18.1 Å². The Bertz CT molecular complexity index is 674. The average molecular weight is 351 g/mol. The minimum absolute atomic E-state index is 0.0649. The third-order valence-corrected chi connectivity index (χ3v) is 3.44. The fourth-order valence-corrected chi connectivity index (χ4v) is 2.22. The molecule has 6 heteroatoms. The van der Waals surface area contributed by atoms with Crippen LogP contribution in [-0.2, 0) is 6.54 Å². The van der Waals surface area contributed by atoms with Crippen molar-refractivity contribution in [1.82, 2.24) is 5.32 Å². The number of carbonyl (C=O) groups is 1. The van der Waals surface area contributed by atoms with E-state index < -0.39 is 0 Å². The van der Waals surface area contributed by atoms with Gasteiger partial charge in [0.15, 0.2) is 0 Å². The molecule has 0 bridgehead atoms. The number of hydrogen-bond acceptors (Lipinski definition) is 4. The fraction of sp³-hybridized carbons (Fsp3) is 0.133. The van der Waals surface area contributed by atoms with Crippen molar-refractivity contribution < 1.29 is 14.6 Å². The summed E-state index contributed by atoms with van der Waals surface area (Å²) in [5.41, 5.74) is 7.38. The van der Waals surface area contributed by atoms with Crippen LogP contribution in [0.15, 0.2) is 40.9 Å². The van der Waals surface area contributed by atoms with E-state index in [4.69, 9.17) is 10.5 Å². The second-order valence-corrected chi connectivity index (χ2v) is 5.34. The molecule has 110 valence electrons. The summed E-state index contributed by atoms with van der Waals surface area (Å²) < 4.78 is 5.79. The van der Waals surface area contributed by atoms with Crippen LogP contribution in [0.3, 0.4) is 0 Å². The van der Waals surface area contributed by atoms with Crippen LogP contribution < -0.4 is 15.8 Å². The summed E-state index contributed by atoms with van der Waals surface area (Å²) in [6.07, 6.45) is 0. The molecule has 0 unspecified atom stereocenters. The van der Waals surface area contributed by atoms with Crippen LogP contribution in [0.25, 0.3) is 0 Å². The first-order valence-electron chi connectivity index (χ1n) is 6.20. The molecule has 0 heterocycles. The minimum atomic E-state index is -0.358. The first kappa shape index (κ1) is 15.2. The summed E-state index contributed by atoms with van der Waals surface area (Å²) >= 11 is 3.26. The first-order chi connectivity index (χ1) is 10.0. The molecule has 5 nitrogen and oxygen atoms in total. The Morgan fingerprint density at radius 2 is 2.10 bits per heavy atom. The Morgan fingerprint density at radius 3 is 2.76 bits per heavy atom. The highest BCUT2D eigenvalue weighted by atomic mass is 79.9. The molecule has 0 aliphatic carbocycles. The third-order valence-electron chi connectivity index (χ3n) is 2.95. The lowest BCUT2D eigenvalue weighted by Crippen LogP contribution is -2.23. The Morgan fingerprint density at radius 1 is 1.33 bits per heavy atom. The van der Waals surface area contributed by atoms with Crippen molar-refractivity contribution in [2.24, 2.45) is 0 Å². The van der Waals surface area contributed by atoms with Gasteiger partial charge in [0.1, 0.15) is 11.5 Å². The van der Waals surface area contributed by atoms with Crippen LogP contribution in [0.5, 0.6) is 11.5 Å². The normalized spacial score (nSPS) is 10.2. The minimum Gasteiger partial charge on any atom is -0.507 e. The van der Waals surface area contributed by atoms with Crippen molar-refractivity contribution in [2.75, 3.05) is 12.8 Å². The maximum Gasteiger partial charge on any atom is 0.255 e. The number of nitrogens with two attached hydrogens (primary N) is 1. The predicted molar refractivity (Wildman–Crippen MR) is 84.4 cm³/mol. The van der Waals surface area contributed by atoms with Gasteiger partial charge < -0.3 is 20.9 Å². The second-order valence-electron chi connectivity index (χ2n) is 4.42. The quantitative estimate of drug-likeness (QED) is 0.740. The van der Waals surface area contributed by atoms with Gasteiger partial charge in [-0.3, -0.25) is 4.79 Å². The number of aromatic hydroxyl groups is 1. The van der Waals surface area contributed by atoms with Crippen LogP contribution in [0, 0.1) is 0 Å². The number of halogens is 1. The molecule has 2 aromatic carbocycles. The summed E-state index contributed by atoms with van der Waals surface area (Å²) in [4.78, 5) is 12.1.